The molecule has 0 aliphatic carbocycles. The van der Waals surface area contributed by atoms with Crippen molar-refractivity contribution >= 4 is 35.0 Å². The molecule has 0 radical (unpaired) electrons. The summed E-state index contributed by atoms with van der Waals surface area (Å²) in [4.78, 5) is 26.7. The molecule has 1 atom stereocenters. The van der Waals surface area contributed by atoms with Gasteiger partial charge in [-0.15, -0.1) is 11.8 Å². The minimum Gasteiger partial charge on any atom is -0.326 e. The van der Waals surface area contributed by atoms with Crippen LogP contribution in [0.1, 0.15) is 27.5 Å². The average molecular weight is 481 g/mol. The lowest BCUT2D eigenvalue weighted by Gasteiger charge is -2.18. The van der Waals surface area contributed by atoms with Gasteiger partial charge < -0.3 is 10.6 Å². The zero-order valence-corrected chi connectivity index (χ0v) is 20.6. The SMILES string of the molecule is Cc1ccc(C)c(NC(=O)C(Sc2ccc(NC(=O)Cc3ccccc3)cc2)c2ccccc2)c1. The maximum atomic E-state index is 13.4. The molecule has 2 amide bonds. The molecule has 1 unspecified atom stereocenters. The van der Waals surface area contributed by atoms with Gasteiger partial charge in [0.15, 0.2) is 0 Å². The van der Waals surface area contributed by atoms with Crippen LogP contribution in [0.2, 0.25) is 0 Å². The van der Waals surface area contributed by atoms with Gasteiger partial charge in [-0.1, -0.05) is 72.8 Å². The van der Waals surface area contributed by atoms with Gasteiger partial charge in [0.05, 0.1) is 6.42 Å². The first kappa shape index (κ1) is 24.3. The third kappa shape index (κ3) is 6.84. The van der Waals surface area contributed by atoms with Crippen LogP contribution in [-0.4, -0.2) is 11.8 Å². The number of rotatable bonds is 8. The Morgan fingerprint density at radius 3 is 2.11 bits per heavy atom. The van der Waals surface area contributed by atoms with Crippen LogP contribution in [0.25, 0.3) is 0 Å². The fourth-order valence-electron chi connectivity index (χ4n) is 3.71. The number of anilines is 2. The highest BCUT2D eigenvalue weighted by molar-refractivity contribution is 8.00. The minimum absolute atomic E-state index is 0.0633. The number of nitrogens with one attached hydrogen (secondary N) is 2. The summed E-state index contributed by atoms with van der Waals surface area (Å²) >= 11 is 1.48. The Morgan fingerprint density at radius 2 is 1.43 bits per heavy atom. The van der Waals surface area contributed by atoms with Gasteiger partial charge in [0.1, 0.15) is 5.25 Å². The Morgan fingerprint density at radius 1 is 0.771 bits per heavy atom. The van der Waals surface area contributed by atoms with Crippen LogP contribution in [0.15, 0.2) is 108 Å². The summed E-state index contributed by atoms with van der Waals surface area (Å²) in [5.74, 6) is -0.137. The lowest BCUT2D eigenvalue weighted by atomic mass is 10.1. The summed E-state index contributed by atoms with van der Waals surface area (Å²) in [6, 6.07) is 33.1. The number of thioether (sulfide) groups is 1. The molecule has 5 heteroatoms. The van der Waals surface area contributed by atoms with Gasteiger partial charge in [-0.05, 0) is 66.4 Å². The first-order chi connectivity index (χ1) is 17.0. The predicted octanol–water partition coefficient (Wildman–Crippen LogP) is 6.96. The van der Waals surface area contributed by atoms with E-state index >= 15 is 0 Å². The molecule has 4 nitrogen and oxygen atoms in total. The smallest absolute Gasteiger partial charge is 0.242 e. The topological polar surface area (TPSA) is 58.2 Å². The molecule has 0 saturated heterocycles. The number of amides is 2. The van der Waals surface area contributed by atoms with E-state index in [2.05, 4.69) is 10.6 Å². The second-order valence-electron chi connectivity index (χ2n) is 8.45. The molecule has 4 aromatic carbocycles. The van der Waals surface area contributed by atoms with Crippen molar-refractivity contribution in [2.24, 2.45) is 0 Å². The van der Waals surface area contributed by atoms with E-state index in [1.54, 1.807) is 0 Å². The molecule has 0 bridgehead atoms. The monoisotopic (exact) mass is 480 g/mol. The van der Waals surface area contributed by atoms with Crippen molar-refractivity contribution in [3.05, 3.63) is 125 Å². The Hall–Kier alpha value is -3.83. The van der Waals surface area contributed by atoms with Gasteiger partial charge in [0, 0.05) is 16.3 Å². The summed E-state index contributed by atoms with van der Waals surface area (Å²) in [6.45, 7) is 4.00. The van der Waals surface area contributed by atoms with E-state index in [1.165, 1.54) is 11.8 Å². The van der Waals surface area contributed by atoms with Gasteiger partial charge in [-0.3, -0.25) is 9.59 Å². The molecule has 0 fully saturated rings. The molecule has 4 rings (SSSR count). The van der Waals surface area contributed by atoms with Crippen LogP contribution in [0.3, 0.4) is 0 Å². The van der Waals surface area contributed by atoms with Crippen LogP contribution < -0.4 is 10.6 Å². The van der Waals surface area contributed by atoms with Crippen LogP contribution in [0.4, 0.5) is 11.4 Å². The van der Waals surface area contributed by atoms with Crippen molar-refractivity contribution in [1.82, 2.24) is 0 Å². The van der Waals surface area contributed by atoms with Crippen molar-refractivity contribution in [1.29, 1.82) is 0 Å². The normalized spacial score (nSPS) is 11.5. The molecule has 0 aliphatic rings. The number of hydrogen-bond acceptors (Lipinski definition) is 3. The lowest BCUT2D eigenvalue weighted by molar-refractivity contribution is -0.116. The highest BCUT2D eigenvalue weighted by Gasteiger charge is 2.22. The zero-order valence-electron chi connectivity index (χ0n) is 19.8. The Labute approximate surface area is 210 Å². The maximum Gasteiger partial charge on any atom is 0.242 e. The summed E-state index contributed by atoms with van der Waals surface area (Å²) in [7, 11) is 0. The van der Waals surface area contributed by atoms with Gasteiger partial charge in [-0.25, -0.2) is 0 Å². The summed E-state index contributed by atoms with van der Waals surface area (Å²) in [5, 5.41) is 5.63. The predicted molar refractivity (Wildman–Crippen MR) is 145 cm³/mol. The number of carbonyl (C=O) groups is 2. The van der Waals surface area contributed by atoms with Crippen molar-refractivity contribution in [2.45, 2.75) is 30.4 Å². The van der Waals surface area contributed by atoms with Gasteiger partial charge in [0.2, 0.25) is 11.8 Å². The molecule has 0 aromatic heterocycles. The van der Waals surface area contributed by atoms with Crippen LogP contribution in [0, 0.1) is 13.8 Å². The highest BCUT2D eigenvalue weighted by atomic mass is 32.2. The largest absolute Gasteiger partial charge is 0.326 e. The van der Waals surface area contributed by atoms with Crippen LogP contribution >= 0.6 is 11.8 Å². The molecule has 35 heavy (non-hydrogen) atoms. The molecule has 0 saturated carbocycles. The Bertz CT molecular complexity index is 1290. The van der Waals surface area contributed by atoms with Crippen molar-refractivity contribution in [2.75, 3.05) is 10.6 Å². The van der Waals surface area contributed by atoms with Gasteiger partial charge >= 0.3 is 0 Å². The van der Waals surface area contributed by atoms with Crippen molar-refractivity contribution < 1.29 is 9.59 Å². The fraction of sp³-hybridized carbons (Fsp3) is 0.133. The Balaban J connectivity index is 1.46. The molecule has 0 spiro atoms. The molecule has 4 aromatic rings. The Kier molecular flexibility index (Phi) is 8.01. The van der Waals surface area contributed by atoms with E-state index in [4.69, 9.17) is 0 Å². The zero-order chi connectivity index (χ0) is 24.6. The second-order valence-corrected chi connectivity index (χ2v) is 9.63. The fourth-order valence-corrected chi connectivity index (χ4v) is 4.73. The quantitative estimate of drug-likeness (QED) is 0.268. The number of hydrogen-bond donors (Lipinski definition) is 2. The van der Waals surface area contributed by atoms with Crippen molar-refractivity contribution in [3.8, 4) is 0 Å². The molecule has 0 aliphatic heterocycles. The summed E-state index contributed by atoms with van der Waals surface area (Å²) in [5.41, 5.74) is 5.58. The second kappa shape index (κ2) is 11.5. The lowest BCUT2D eigenvalue weighted by Crippen LogP contribution is -2.19. The van der Waals surface area contributed by atoms with E-state index in [0.29, 0.717) is 6.42 Å². The summed E-state index contributed by atoms with van der Waals surface area (Å²) in [6.07, 6.45) is 0.325. The number of aryl methyl sites for hydroxylation is 2. The molecule has 176 valence electrons. The van der Waals surface area contributed by atoms with Crippen LogP contribution in [-0.2, 0) is 16.0 Å². The summed E-state index contributed by atoms with van der Waals surface area (Å²) < 4.78 is 0. The van der Waals surface area contributed by atoms with Crippen LogP contribution in [0.5, 0.6) is 0 Å². The van der Waals surface area contributed by atoms with E-state index in [-0.39, 0.29) is 11.8 Å². The molecular formula is C30H28N2O2S. The molecule has 0 heterocycles. The number of carbonyl (C=O) groups excluding carboxylic acids is 2. The third-order valence-corrected chi connectivity index (χ3v) is 6.86. The van der Waals surface area contributed by atoms with Gasteiger partial charge in [0.25, 0.3) is 0 Å². The number of benzene rings is 4. The van der Waals surface area contributed by atoms with E-state index in [1.807, 2.05) is 117 Å². The first-order valence-electron chi connectivity index (χ1n) is 11.5. The molecular weight excluding hydrogens is 452 g/mol. The molecule has 2 N–H and O–H groups in total. The highest BCUT2D eigenvalue weighted by Crippen LogP contribution is 2.37. The van der Waals surface area contributed by atoms with E-state index in [0.717, 1.165) is 38.5 Å². The standard InChI is InChI=1S/C30H28N2O2S/c1-21-13-14-22(2)27(19-21)32-30(34)29(24-11-7-4-8-12-24)35-26-17-15-25(16-18-26)31-28(33)20-23-9-5-3-6-10-23/h3-19,29H,20H2,1-2H3,(H,31,33)(H,32,34). The third-order valence-electron chi connectivity index (χ3n) is 5.59. The first-order valence-corrected chi connectivity index (χ1v) is 12.4. The van der Waals surface area contributed by atoms with Crippen molar-refractivity contribution in [3.63, 3.8) is 0 Å². The minimum atomic E-state index is -0.422. The van der Waals surface area contributed by atoms with Gasteiger partial charge in [-0.2, -0.15) is 0 Å². The van der Waals surface area contributed by atoms with E-state index < -0.39 is 5.25 Å². The van der Waals surface area contributed by atoms with E-state index in [9.17, 15) is 9.59 Å². The maximum absolute atomic E-state index is 13.4. The average Bonchev–Trinajstić information content (AvgIpc) is 2.87.